The van der Waals surface area contributed by atoms with Gasteiger partial charge in [-0.1, -0.05) is 61.6 Å². The number of hydrogen-bond acceptors (Lipinski definition) is 4. The fourth-order valence-corrected chi connectivity index (χ4v) is 4.50. The number of benzene rings is 1. The second-order valence-corrected chi connectivity index (χ2v) is 9.03. The van der Waals surface area contributed by atoms with Gasteiger partial charge >= 0.3 is 5.97 Å². The van der Waals surface area contributed by atoms with E-state index in [-0.39, 0.29) is 18.5 Å². The number of rotatable bonds is 9. The first-order chi connectivity index (χ1) is 13.9. The Morgan fingerprint density at radius 3 is 2.62 bits per heavy atom. The maximum absolute atomic E-state index is 11.6. The minimum absolute atomic E-state index is 0.192. The monoisotopic (exact) mass is 398 g/mol. The van der Waals surface area contributed by atoms with Crippen molar-refractivity contribution < 1.29 is 19.3 Å². The molecule has 29 heavy (non-hydrogen) atoms. The van der Waals surface area contributed by atoms with Gasteiger partial charge in [0.15, 0.2) is 0 Å². The normalized spacial score (nSPS) is 30.6. The Morgan fingerprint density at radius 1 is 1.10 bits per heavy atom. The summed E-state index contributed by atoms with van der Waals surface area (Å²) in [6.07, 6.45) is 14.8. The molecule has 2 heterocycles. The van der Waals surface area contributed by atoms with Crippen LogP contribution in [0, 0.1) is 5.92 Å². The van der Waals surface area contributed by atoms with Gasteiger partial charge in [0, 0.05) is 6.42 Å². The maximum atomic E-state index is 11.6. The first-order valence-electron chi connectivity index (χ1n) is 10.8. The van der Waals surface area contributed by atoms with Crippen LogP contribution in [0.25, 0.3) is 6.08 Å². The molecule has 0 N–H and O–H groups in total. The molecular formula is C25H34O4. The van der Waals surface area contributed by atoms with Crippen LogP contribution in [0.5, 0.6) is 0 Å². The molecule has 2 saturated heterocycles. The third kappa shape index (κ3) is 6.28. The fraction of sp³-hybridized carbons (Fsp3) is 0.560. The van der Waals surface area contributed by atoms with Crippen LogP contribution in [0.1, 0.15) is 71.3 Å². The summed E-state index contributed by atoms with van der Waals surface area (Å²) in [5, 5.41) is 0. The van der Waals surface area contributed by atoms with Crippen molar-refractivity contribution in [2.45, 2.75) is 83.0 Å². The Balaban J connectivity index is 1.33. The zero-order chi connectivity index (χ0) is 20.7. The Hall–Kier alpha value is -1.91. The number of carbonyl (C=O) groups is 1. The van der Waals surface area contributed by atoms with Crippen molar-refractivity contribution >= 4 is 12.0 Å². The lowest BCUT2D eigenvalue weighted by Crippen LogP contribution is -2.52. The Labute approximate surface area is 174 Å². The van der Waals surface area contributed by atoms with Gasteiger partial charge in [0.25, 0.3) is 0 Å². The first kappa shape index (κ1) is 21.8. The van der Waals surface area contributed by atoms with Crippen molar-refractivity contribution in [3.8, 4) is 0 Å². The Morgan fingerprint density at radius 2 is 1.83 bits per heavy atom. The molecule has 1 aromatic carbocycles. The van der Waals surface area contributed by atoms with E-state index in [0.29, 0.717) is 12.3 Å². The number of carbonyl (C=O) groups excluding carboxylic acids is 1. The molecule has 1 unspecified atom stereocenters. The van der Waals surface area contributed by atoms with Gasteiger partial charge in [0.05, 0.1) is 6.42 Å². The summed E-state index contributed by atoms with van der Waals surface area (Å²) in [4.78, 5) is 22.9. The molecule has 4 atom stereocenters. The first-order valence-corrected chi connectivity index (χ1v) is 10.8. The number of ether oxygens (including phenoxy) is 1. The predicted octanol–water partition coefficient (Wildman–Crippen LogP) is 6.03. The minimum atomic E-state index is -0.559. The van der Waals surface area contributed by atoms with E-state index >= 15 is 0 Å². The van der Waals surface area contributed by atoms with E-state index < -0.39 is 11.2 Å². The second kappa shape index (κ2) is 9.73. The van der Waals surface area contributed by atoms with E-state index in [1.54, 1.807) is 0 Å². The number of allylic oxidation sites excluding steroid dienone is 3. The zero-order valence-electron chi connectivity index (χ0n) is 17.9. The van der Waals surface area contributed by atoms with Crippen LogP contribution in [0.3, 0.4) is 0 Å². The van der Waals surface area contributed by atoms with Crippen molar-refractivity contribution in [2.75, 3.05) is 0 Å². The Kier molecular flexibility index (Phi) is 7.31. The van der Waals surface area contributed by atoms with Gasteiger partial charge in [0.1, 0.15) is 17.3 Å². The third-order valence-electron chi connectivity index (χ3n) is 5.85. The summed E-state index contributed by atoms with van der Waals surface area (Å²) in [5.74, 6) is 0.311. The smallest absolute Gasteiger partial charge is 0.309 e. The molecule has 4 nitrogen and oxygen atoms in total. The molecule has 0 saturated carbocycles. The molecule has 0 bridgehead atoms. The lowest BCUT2D eigenvalue weighted by atomic mass is 9.79. The summed E-state index contributed by atoms with van der Waals surface area (Å²) < 4.78 is 5.54. The number of unbranched alkanes of at least 4 members (excludes halogenated alkanes) is 1. The van der Waals surface area contributed by atoms with Crippen molar-refractivity contribution in [1.29, 1.82) is 0 Å². The summed E-state index contributed by atoms with van der Waals surface area (Å²) in [5.41, 5.74) is 0.276. The number of hydrogen-bond donors (Lipinski definition) is 0. The molecule has 2 aliphatic heterocycles. The zero-order valence-corrected chi connectivity index (χ0v) is 17.9. The highest BCUT2D eigenvalue weighted by Gasteiger charge is 2.55. The summed E-state index contributed by atoms with van der Waals surface area (Å²) in [6, 6.07) is 10.4. The molecular weight excluding hydrogens is 364 g/mol. The summed E-state index contributed by atoms with van der Waals surface area (Å²) in [7, 11) is 0. The van der Waals surface area contributed by atoms with Gasteiger partial charge in [0.2, 0.25) is 0 Å². The van der Waals surface area contributed by atoms with Crippen LogP contribution in [0.2, 0.25) is 0 Å². The third-order valence-corrected chi connectivity index (χ3v) is 5.85. The molecule has 0 aromatic heterocycles. The molecule has 2 fully saturated rings. The predicted molar refractivity (Wildman–Crippen MR) is 115 cm³/mol. The molecule has 0 amide bonds. The highest BCUT2D eigenvalue weighted by molar-refractivity contribution is 5.73. The van der Waals surface area contributed by atoms with Crippen LogP contribution < -0.4 is 0 Å². The van der Waals surface area contributed by atoms with Gasteiger partial charge in [-0.25, -0.2) is 9.78 Å². The van der Waals surface area contributed by atoms with Crippen molar-refractivity contribution in [1.82, 2.24) is 0 Å². The van der Waals surface area contributed by atoms with E-state index in [4.69, 9.17) is 14.5 Å². The van der Waals surface area contributed by atoms with Crippen LogP contribution in [-0.2, 0) is 19.3 Å². The average molecular weight is 399 g/mol. The van der Waals surface area contributed by atoms with Gasteiger partial charge < -0.3 is 4.74 Å². The molecule has 0 aliphatic carbocycles. The van der Waals surface area contributed by atoms with Gasteiger partial charge in [-0.05, 0) is 57.4 Å². The quantitative estimate of drug-likeness (QED) is 0.221. The lowest BCUT2D eigenvalue weighted by Gasteiger charge is -2.44. The molecule has 2 aliphatic rings. The number of fused-ring (bicyclic) bond motifs is 1. The molecule has 0 radical (unpaired) electrons. The Bertz CT molecular complexity index is 726. The van der Waals surface area contributed by atoms with Gasteiger partial charge in [-0.15, -0.1) is 0 Å². The van der Waals surface area contributed by atoms with Crippen molar-refractivity contribution in [3.05, 3.63) is 54.1 Å². The minimum Gasteiger partial charge on any atom is -0.456 e. The van der Waals surface area contributed by atoms with Gasteiger partial charge in [-0.2, -0.15) is 0 Å². The molecule has 3 rings (SSSR count). The molecule has 0 spiro atoms. The highest BCUT2D eigenvalue weighted by atomic mass is 17.2. The van der Waals surface area contributed by atoms with E-state index in [1.165, 1.54) is 5.56 Å². The van der Waals surface area contributed by atoms with E-state index in [0.717, 1.165) is 32.1 Å². The molecule has 1 aromatic rings. The van der Waals surface area contributed by atoms with E-state index in [1.807, 2.05) is 13.0 Å². The standard InChI is InChI=1S/C25H34O4/c1-20(13-9-6-4-5-7-10-14-21-15-11-8-12-16-21)18-24(2)19-25(3)22(28-29-24)17-23(26)27-25/h4,6,8,10-12,14-16,20,22H,5,7,9,13,17-19H2,1-3H3/b6-4+,14-10+/t20?,22-,24+,25-/m0/s1. The SMILES string of the molecule is CC(CC/C=C/CC/C=C/c1ccccc1)C[C@]1(C)C[C@]2(C)OC(=O)C[C@@H]2OO1. The second-order valence-electron chi connectivity index (χ2n) is 9.03. The summed E-state index contributed by atoms with van der Waals surface area (Å²) >= 11 is 0. The lowest BCUT2D eigenvalue weighted by molar-refractivity contribution is -0.429. The topological polar surface area (TPSA) is 44.8 Å². The van der Waals surface area contributed by atoms with E-state index in [9.17, 15) is 4.79 Å². The van der Waals surface area contributed by atoms with Crippen LogP contribution in [0.4, 0.5) is 0 Å². The van der Waals surface area contributed by atoms with Crippen molar-refractivity contribution in [3.63, 3.8) is 0 Å². The summed E-state index contributed by atoms with van der Waals surface area (Å²) in [6.45, 7) is 6.27. The van der Waals surface area contributed by atoms with Crippen LogP contribution in [0.15, 0.2) is 48.6 Å². The number of esters is 1. The van der Waals surface area contributed by atoms with Crippen LogP contribution >= 0.6 is 0 Å². The van der Waals surface area contributed by atoms with Gasteiger partial charge in [-0.3, -0.25) is 4.79 Å². The fourth-order valence-electron chi connectivity index (χ4n) is 4.50. The van der Waals surface area contributed by atoms with Crippen LogP contribution in [-0.4, -0.2) is 23.3 Å². The largest absolute Gasteiger partial charge is 0.456 e. The maximum Gasteiger partial charge on any atom is 0.309 e. The highest BCUT2D eigenvalue weighted by Crippen LogP contribution is 2.44. The molecule has 158 valence electrons. The average Bonchev–Trinajstić information content (AvgIpc) is 2.96. The van der Waals surface area contributed by atoms with Crippen molar-refractivity contribution in [2.24, 2.45) is 5.92 Å². The van der Waals surface area contributed by atoms with E-state index in [2.05, 4.69) is 62.4 Å². The molecule has 4 heteroatoms.